The third-order valence-electron chi connectivity index (χ3n) is 10.2. The molecular weight excluding hydrogens is 673 g/mol. The van der Waals surface area contributed by atoms with Gasteiger partial charge in [-0.15, -0.1) is 0 Å². The van der Waals surface area contributed by atoms with Crippen LogP contribution in [0.4, 0.5) is 0 Å². The highest BCUT2D eigenvalue weighted by atomic mass is 16.6. The molecule has 1 atom stereocenters. The van der Waals surface area contributed by atoms with Crippen LogP contribution in [0.3, 0.4) is 0 Å². The molecule has 0 aromatic carbocycles. The summed E-state index contributed by atoms with van der Waals surface area (Å²) < 4.78 is 16.6. The Kier molecular flexibility index (Phi) is 41.9. The summed E-state index contributed by atoms with van der Waals surface area (Å²) in [5.74, 6) is -0.950. The predicted octanol–water partition coefficient (Wildman–Crippen LogP) is 14.8. The number of esters is 3. The Hall–Kier alpha value is -2.11. The summed E-state index contributed by atoms with van der Waals surface area (Å²) >= 11 is 0. The van der Waals surface area contributed by atoms with Crippen LogP contribution < -0.4 is 0 Å². The molecule has 0 aliphatic heterocycles. The van der Waals surface area contributed by atoms with Crippen molar-refractivity contribution in [2.75, 3.05) is 13.2 Å². The molecule has 0 bridgehead atoms. The SMILES string of the molecule is CCCCCCCC/C=C\C/C=C\CCC(=O)OCC(COC(=O)CCCCCCCCCCCC)OC(=O)CCCCCCCCCCCCCCC. The highest BCUT2D eigenvalue weighted by molar-refractivity contribution is 5.71. The van der Waals surface area contributed by atoms with Crippen LogP contribution in [0.15, 0.2) is 24.3 Å². The summed E-state index contributed by atoms with van der Waals surface area (Å²) in [7, 11) is 0. The lowest BCUT2D eigenvalue weighted by atomic mass is 10.0. The van der Waals surface area contributed by atoms with Crippen LogP contribution in [-0.2, 0) is 28.6 Å². The van der Waals surface area contributed by atoms with Crippen molar-refractivity contribution in [3.8, 4) is 0 Å². The lowest BCUT2D eigenvalue weighted by Crippen LogP contribution is -2.30. The predicted molar refractivity (Wildman–Crippen MR) is 229 cm³/mol. The fourth-order valence-electron chi connectivity index (χ4n) is 6.67. The lowest BCUT2D eigenvalue weighted by Gasteiger charge is -2.18. The van der Waals surface area contributed by atoms with Crippen LogP contribution in [0.25, 0.3) is 0 Å². The van der Waals surface area contributed by atoms with Gasteiger partial charge in [0, 0.05) is 19.3 Å². The van der Waals surface area contributed by atoms with Gasteiger partial charge in [0.1, 0.15) is 13.2 Å². The molecule has 0 spiro atoms. The van der Waals surface area contributed by atoms with Gasteiger partial charge in [0.2, 0.25) is 0 Å². The van der Waals surface area contributed by atoms with Crippen LogP contribution in [0, 0.1) is 0 Å². The van der Waals surface area contributed by atoms with Gasteiger partial charge in [0.05, 0.1) is 0 Å². The monoisotopic (exact) mass is 761 g/mol. The Morgan fingerprint density at radius 2 is 0.704 bits per heavy atom. The average Bonchev–Trinajstić information content (AvgIpc) is 3.17. The van der Waals surface area contributed by atoms with Gasteiger partial charge in [0.15, 0.2) is 6.10 Å². The fraction of sp³-hybridized carbons (Fsp3) is 0.854. The minimum absolute atomic E-state index is 0.0841. The van der Waals surface area contributed by atoms with Crippen LogP contribution in [-0.4, -0.2) is 37.2 Å². The van der Waals surface area contributed by atoms with Crippen molar-refractivity contribution in [2.24, 2.45) is 0 Å². The summed E-state index contributed by atoms with van der Waals surface area (Å²) in [6, 6.07) is 0. The molecule has 6 nitrogen and oxygen atoms in total. The molecule has 6 heteroatoms. The van der Waals surface area contributed by atoms with Crippen LogP contribution in [0.5, 0.6) is 0 Å². The molecule has 0 aliphatic rings. The zero-order valence-corrected chi connectivity index (χ0v) is 36.0. The third kappa shape index (κ3) is 41.1. The van der Waals surface area contributed by atoms with Gasteiger partial charge in [-0.1, -0.05) is 212 Å². The Balaban J connectivity index is 4.41. The fourth-order valence-corrected chi connectivity index (χ4v) is 6.67. The van der Waals surface area contributed by atoms with Gasteiger partial charge < -0.3 is 14.2 Å². The zero-order valence-electron chi connectivity index (χ0n) is 36.0. The van der Waals surface area contributed by atoms with E-state index in [-0.39, 0.29) is 37.5 Å². The minimum atomic E-state index is -0.785. The van der Waals surface area contributed by atoms with Gasteiger partial charge in [-0.2, -0.15) is 0 Å². The normalized spacial score (nSPS) is 12.1. The first-order valence-electron chi connectivity index (χ1n) is 23.3. The van der Waals surface area contributed by atoms with Gasteiger partial charge >= 0.3 is 17.9 Å². The highest BCUT2D eigenvalue weighted by Crippen LogP contribution is 2.15. The van der Waals surface area contributed by atoms with Gasteiger partial charge in [0.25, 0.3) is 0 Å². The summed E-state index contributed by atoms with van der Waals surface area (Å²) in [6.45, 7) is 6.57. The average molecular weight is 761 g/mol. The number of rotatable bonds is 42. The van der Waals surface area contributed by atoms with Crippen molar-refractivity contribution in [2.45, 2.75) is 252 Å². The van der Waals surface area contributed by atoms with E-state index < -0.39 is 6.10 Å². The standard InChI is InChI=1S/C48H88O6/c1-4-7-10-13-16-19-22-24-26-29-32-35-38-41-47(50)53-44-45(43-52-46(49)40-37-34-31-28-21-18-15-12-9-6-3)54-48(51)42-39-36-33-30-27-25-23-20-17-14-11-8-5-2/h24,26,32,35,45H,4-23,25,27-31,33-34,36-44H2,1-3H3/b26-24-,35-32-. The largest absolute Gasteiger partial charge is 0.462 e. The van der Waals surface area contributed by atoms with Crippen molar-refractivity contribution >= 4 is 17.9 Å². The van der Waals surface area contributed by atoms with Crippen molar-refractivity contribution in [1.82, 2.24) is 0 Å². The summed E-state index contributed by atoms with van der Waals surface area (Å²) in [5.41, 5.74) is 0. The van der Waals surface area contributed by atoms with E-state index in [2.05, 4.69) is 39.0 Å². The van der Waals surface area contributed by atoms with Gasteiger partial charge in [-0.3, -0.25) is 14.4 Å². The lowest BCUT2D eigenvalue weighted by molar-refractivity contribution is -0.166. The Labute approximate surface area is 334 Å². The number of hydrogen-bond donors (Lipinski definition) is 0. The maximum Gasteiger partial charge on any atom is 0.306 e. The molecule has 0 amide bonds. The molecule has 316 valence electrons. The summed E-state index contributed by atoms with van der Waals surface area (Å²) in [6.07, 6.45) is 47.4. The molecule has 0 radical (unpaired) electrons. The third-order valence-corrected chi connectivity index (χ3v) is 10.2. The number of carbonyl (C=O) groups excluding carboxylic acids is 3. The molecule has 0 fully saturated rings. The van der Waals surface area contributed by atoms with Crippen molar-refractivity contribution in [3.05, 3.63) is 24.3 Å². The molecule has 0 aromatic rings. The maximum absolute atomic E-state index is 12.7. The van der Waals surface area contributed by atoms with Crippen LogP contribution >= 0.6 is 0 Å². The number of allylic oxidation sites excluding steroid dienone is 4. The molecule has 0 aromatic heterocycles. The molecule has 54 heavy (non-hydrogen) atoms. The van der Waals surface area contributed by atoms with E-state index in [9.17, 15) is 14.4 Å². The number of carbonyl (C=O) groups is 3. The Morgan fingerprint density at radius 3 is 1.13 bits per heavy atom. The Morgan fingerprint density at radius 1 is 0.370 bits per heavy atom. The zero-order chi connectivity index (χ0) is 39.4. The number of ether oxygens (including phenoxy) is 3. The first-order valence-corrected chi connectivity index (χ1v) is 23.3. The second kappa shape index (κ2) is 43.6. The molecule has 0 aliphatic carbocycles. The maximum atomic E-state index is 12.7. The number of hydrogen-bond acceptors (Lipinski definition) is 6. The van der Waals surface area contributed by atoms with Crippen LogP contribution in [0.1, 0.15) is 245 Å². The molecular formula is C48H88O6. The van der Waals surface area contributed by atoms with E-state index in [0.717, 1.165) is 51.4 Å². The second-order valence-electron chi connectivity index (χ2n) is 15.7. The van der Waals surface area contributed by atoms with E-state index in [4.69, 9.17) is 14.2 Å². The van der Waals surface area contributed by atoms with E-state index in [1.807, 2.05) is 6.08 Å². The molecule has 0 heterocycles. The highest BCUT2D eigenvalue weighted by Gasteiger charge is 2.19. The van der Waals surface area contributed by atoms with Crippen molar-refractivity contribution in [3.63, 3.8) is 0 Å². The second-order valence-corrected chi connectivity index (χ2v) is 15.7. The topological polar surface area (TPSA) is 78.9 Å². The molecule has 0 N–H and O–H groups in total. The van der Waals surface area contributed by atoms with Crippen LogP contribution in [0.2, 0.25) is 0 Å². The summed E-state index contributed by atoms with van der Waals surface area (Å²) in [5, 5.41) is 0. The number of unbranched alkanes of at least 4 members (excludes halogenated alkanes) is 27. The molecule has 0 saturated heterocycles. The van der Waals surface area contributed by atoms with Gasteiger partial charge in [-0.05, 0) is 38.5 Å². The first-order chi connectivity index (χ1) is 26.5. The van der Waals surface area contributed by atoms with E-state index in [1.165, 1.54) is 148 Å². The molecule has 0 saturated carbocycles. The van der Waals surface area contributed by atoms with E-state index in [0.29, 0.717) is 19.3 Å². The van der Waals surface area contributed by atoms with Gasteiger partial charge in [-0.25, -0.2) is 0 Å². The minimum Gasteiger partial charge on any atom is -0.462 e. The molecule has 1 unspecified atom stereocenters. The van der Waals surface area contributed by atoms with E-state index >= 15 is 0 Å². The quantitative estimate of drug-likeness (QED) is 0.0267. The van der Waals surface area contributed by atoms with Crippen molar-refractivity contribution < 1.29 is 28.6 Å². The van der Waals surface area contributed by atoms with Crippen molar-refractivity contribution in [1.29, 1.82) is 0 Å². The Bertz CT molecular complexity index is 880. The summed E-state index contributed by atoms with van der Waals surface area (Å²) in [4.78, 5) is 37.7. The molecule has 0 rings (SSSR count). The van der Waals surface area contributed by atoms with E-state index in [1.54, 1.807) is 0 Å². The first kappa shape index (κ1) is 51.9. The smallest absolute Gasteiger partial charge is 0.306 e.